The monoisotopic (exact) mass is 238 g/mol. The van der Waals surface area contributed by atoms with Gasteiger partial charge in [0.15, 0.2) is 0 Å². The van der Waals surface area contributed by atoms with E-state index in [4.69, 9.17) is 10.5 Å². The summed E-state index contributed by atoms with van der Waals surface area (Å²) in [4.78, 5) is 10.8. The Balaban J connectivity index is 2.21. The van der Waals surface area contributed by atoms with Crippen molar-refractivity contribution in [1.29, 1.82) is 0 Å². The summed E-state index contributed by atoms with van der Waals surface area (Å²) in [5.41, 5.74) is 5.58. The summed E-state index contributed by atoms with van der Waals surface area (Å²) in [6.07, 6.45) is 1.74. The van der Waals surface area contributed by atoms with E-state index in [2.05, 4.69) is 5.32 Å². The van der Waals surface area contributed by atoms with Gasteiger partial charge < -0.3 is 10.5 Å². The number of ether oxygens (including phenoxy) is 1. The number of nitrogens with one attached hydrogen (secondary N) is 1. The van der Waals surface area contributed by atoms with Crippen molar-refractivity contribution in [2.45, 2.75) is 18.4 Å². The van der Waals surface area contributed by atoms with Gasteiger partial charge in [-0.25, -0.2) is 4.39 Å². The lowest BCUT2D eigenvalue weighted by atomic mass is 10.0. The Hall–Kier alpha value is -1.62. The van der Waals surface area contributed by atoms with Gasteiger partial charge in [-0.05, 0) is 30.5 Å². The normalized spacial score (nSPS) is 16.6. The van der Waals surface area contributed by atoms with E-state index < -0.39 is 5.91 Å². The number of primary amides is 1. The average Bonchev–Trinajstić information content (AvgIpc) is 3.06. The largest absolute Gasteiger partial charge is 0.497 e. The Bertz CT molecular complexity index is 444. The highest BCUT2D eigenvalue weighted by atomic mass is 19.1. The van der Waals surface area contributed by atoms with Gasteiger partial charge in [0.2, 0.25) is 5.91 Å². The Morgan fingerprint density at radius 3 is 2.76 bits per heavy atom. The molecule has 5 heteroatoms. The topological polar surface area (TPSA) is 64.3 Å². The molecular weight excluding hydrogens is 223 g/mol. The molecule has 1 fully saturated rings. The third-order valence-corrected chi connectivity index (χ3v) is 3.01. The second kappa shape index (κ2) is 4.33. The number of rotatable bonds is 5. The Kier molecular flexibility index (Phi) is 3.02. The van der Waals surface area contributed by atoms with E-state index in [0.29, 0.717) is 5.75 Å². The molecule has 0 unspecified atom stereocenters. The van der Waals surface area contributed by atoms with Crippen molar-refractivity contribution in [2.75, 3.05) is 13.7 Å². The van der Waals surface area contributed by atoms with Gasteiger partial charge >= 0.3 is 0 Å². The standard InChI is InChI=1S/C12H15FN2O2/c1-17-10-5-8(4-9(13)6-10)12(2-3-12)15-7-11(14)16/h4-6,15H,2-3,7H2,1H3,(H2,14,16). The van der Waals surface area contributed by atoms with Gasteiger partial charge in [-0.2, -0.15) is 0 Å². The van der Waals surface area contributed by atoms with Crippen LogP contribution in [0.2, 0.25) is 0 Å². The molecule has 1 aromatic carbocycles. The molecule has 0 spiro atoms. The first kappa shape index (κ1) is 11.9. The van der Waals surface area contributed by atoms with Crippen LogP contribution in [0.4, 0.5) is 4.39 Å². The zero-order valence-corrected chi connectivity index (χ0v) is 9.63. The fourth-order valence-electron chi connectivity index (χ4n) is 1.91. The molecule has 1 aliphatic rings. The zero-order valence-electron chi connectivity index (χ0n) is 9.63. The first-order chi connectivity index (χ1) is 8.05. The molecule has 0 aliphatic heterocycles. The molecule has 0 radical (unpaired) electrons. The number of hydrogen-bond acceptors (Lipinski definition) is 3. The summed E-state index contributed by atoms with van der Waals surface area (Å²) in [6.45, 7) is 0.0961. The molecule has 1 amide bonds. The Labute approximate surface area is 98.9 Å². The highest BCUT2D eigenvalue weighted by Crippen LogP contribution is 2.46. The van der Waals surface area contributed by atoms with E-state index >= 15 is 0 Å². The minimum atomic E-state index is -0.417. The fraction of sp³-hybridized carbons (Fsp3) is 0.417. The fourth-order valence-corrected chi connectivity index (χ4v) is 1.91. The summed E-state index contributed by atoms with van der Waals surface area (Å²) in [6, 6.07) is 4.57. The van der Waals surface area contributed by atoms with Crippen LogP contribution in [0.25, 0.3) is 0 Å². The molecule has 0 saturated heterocycles. The molecule has 0 aromatic heterocycles. The molecule has 17 heavy (non-hydrogen) atoms. The van der Waals surface area contributed by atoms with Crippen molar-refractivity contribution in [2.24, 2.45) is 5.73 Å². The summed E-state index contributed by atoms with van der Waals surface area (Å²) in [5.74, 6) is -0.279. The van der Waals surface area contributed by atoms with Crippen molar-refractivity contribution in [3.05, 3.63) is 29.6 Å². The van der Waals surface area contributed by atoms with Crippen LogP contribution in [0.3, 0.4) is 0 Å². The summed E-state index contributed by atoms with van der Waals surface area (Å²) < 4.78 is 18.4. The van der Waals surface area contributed by atoms with Gasteiger partial charge in [0.05, 0.1) is 13.7 Å². The van der Waals surface area contributed by atoms with Crippen LogP contribution in [-0.2, 0) is 10.3 Å². The molecule has 4 nitrogen and oxygen atoms in total. The smallest absolute Gasteiger partial charge is 0.231 e. The van der Waals surface area contributed by atoms with E-state index in [1.54, 1.807) is 6.07 Å². The molecule has 1 aliphatic carbocycles. The lowest BCUT2D eigenvalue weighted by Gasteiger charge is -2.17. The first-order valence-electron chi connectivity index (χ1n) is 5.44. The van der Waals surface area contributed by atoms with Crippen LogP contribution in [-0.4, -0.2) is 19.6 Å². The predicted octanol–water partition coefficient (Wildman–Crippen LogP) is 0.898. The van der Waals surface area contributed by atoms with Crippen molar-refractivity contribution < 1.29 is 13.9 Å². The molecule has 1 saturated carbocycles. The molecule has 0 heterocycles. The lowest BCUT2D eigenvalue weighted by Crippen LogP contribution is -2.36. The third-order valence-electron chi connectivity index (χ3n) is 3.01. The van der Waals surface area contributed by atoms with Gasteiger partial charge in [-0.3, -0.25) is 10.1 Å². The number of methoxy groups -OCH3 is 1. The van der Waals surface area contributed by atoms with Crippen LogP contribution in [0, 0.1) is 5.82 Å². The van der Waals surface area contributed by atoms with Crippen LogP contribution < -0.4 is 15.8 Å². The molecule has 1 aromatic rings. The number of amides is 1. The van der Waals surface area contributed by atoms with Crippen LogP contribution >= 0.6 is 0 Å². The van der Waals surface area contributed by atoms with Gasteiger partial charge in [-0.15, -0.1) is 0 Å². The second-order valence-electron chi connectivity index (χ2n) is 4.28. The first-order valence-corrected chi connectivity index (χ1v) is 5.44. The third kappa shape index (κ3) is 2.55. The number of nitrogens with two attached hydrogens (primary N) is 1. The quantitative estimate of drug-likeness (QED) is 0.801. The molecule has 92 valence electrons. The summed E-state index contributed by atoms with van der Waals surface area (Å²) in [5, 5.41) is 3.07. The number of benzene rings is 1. The van der Waals surface area contributed by atoms with E-state index in [1.165, 1.54) is 19.2 Å². The molecule has 3 N–H and O–H groups in total. The Morgan fingerprint density at radius 1 is 1.53 bits per heavy atom. The maximum atomic E-state index is 13.4. The number of hydrogen-bond donors (Lipinski definition) is 2. The van der Waals surface area contributed by atoms with Crippen LogP contribution in [0.15, 0.2) is 18.2 Å². The second-order valence-corrected chi connectivity index (χ2v) is 4.28. The predicted molar refractivity (Wildman–Crippen MR) is 61.1 cm³/mol. The summed E-state index contributed by atoms with van der Waals surface area (Å²) in [7, 11) is 1.50. The average molecular weight is 238 g/mol. The van der Waals surface area contributed by atoms with Gasteiger partial charge in [0, 0.05) is 11.6 Å². The van der Waals surface area contributed by atoms with E-state index in [-0.39, 0.29) is 17.9 Å². The SMILES string of the molecule is COc1cc(F)cc(C2(NCC(N)=O)CC2)c1. The molecule has 2 rings (SSSR count). The highest BCUT2D eigenvalue weighted by Gasteiger charge is 2.44. The zero-order chi connectivity index (χ0) is 12.5. The summed E-state index contributed by atoms with van der Waals surface area (Å²) >= 11 is 0. The van der Waals surface area contributed by atoms with Crippen molar-refractivity contribution in [3.8, 4) is 5.75 Å². The molecule has 0 bridgehead atoms. The van der Waals surface area contributed by atoms with E-state index in [1.807, 2.05) is 0 Å². The highest BCUT2D eigenvalue weighted by molar-refractivity contribution is 5.76. The number of carbonyl (C=O) groups is 1. The minimum absolute atomic E-state index is 0.0961. The van der Waals surface area contributed by atoms with E-state index in [0.717, 1.165) is 18.4 Å². The van der Waals surface area contributed by atoms with Crippen molar-refractivity contribution in [1.82, 2.24) is 5.32 Å². The number of halogens is 1. The van der Waals surface area contributed by atoms with Gasteiger partial charge in [0.25, 0.3) is 0 Å². The molecular formula is C12H15FN2O2. The van der Waals surface area contributed by atoms with Crippen LogP contribution in [0.1, 0.15) is 18.4 Å². The van der Waals surface area contributed by atoms with E-state index in [9.17, 15) is 9.18 Å². The Morgan fingerprint density at radius 2 is 2.24 bits per heavy atom. The maximum Gasteiger partial charge on any atom is 0.231 e. The van der Waals surface area contributed by atoms with Crippen molar-refractivity contribution >= 4 is 5.91 Å². The number of carbonyl (C=O) groups excluding carboxylic acids is 1. The van der Waals surface area contributed by atoms with Crippen LogP contribution in [0.5, 0.6) is 5.75 Å². The lowest BCUT2D eigenvalue weighted by molar-refractivity contribution is -0.117. The van der Waals surface area contributed by atoms with Gasteiger partial charge in [-0.1, -0.05) is 0 Å². The van der Waals surface area contributed by atoms with Gasteiger partial charge in [0.1, 0.15) is 11.6 Å². The minimum Gasteiger partial charge on any atom is -0.497 e. The molecule has 0 atom stereocenters. The van der Waals surface area contributed by atoms with Crippen molar-refractivity contribution in [3.63, 3.8) is 0 Å². The maximum absolute atomic E-state index is 13.4.